The van der Waals surface area contributed by atoms with E-state index in [1.54, 1.807) is 6.92 Å². The number of nitrogens with one attached hydrogen (secondary N) is 2. The van der Waals surface area contributed by atoms with Crippen LogP contribution in [0.5, 0.6) is 0 Å². The molecule has 0 amide bonds. The molecule has 6 heteroatoms. The fraction of sp³-hybridized carbons (Fsp3) is 0.455. The fourth-order valence-electron chi connectivity index (χ4n) is 2.90. The Labute approximate surface area is 166 Å². The Bertz CT molecular complexity index is 829. The minimum atomic E-state index is -0.627. The van der Waals surface area contributed by atoms with Gasteiger partial charge in [0.15, 0.2) is 0 Å². The quantitative estimate of drug-likeness (QED) is 0.678. The van der Waals surface area contributed by atoms with Gasteiger partial charge in [-0.1, -0.05) is 24.6 Å². The van der Waals surface area contributed by atoms with Crippen LogP contribution in [-0.2, 0) is 22.4 Å². The summed E-state index contributed by atoms with van der Waals surface area (Å²) in [6.45, 7) is 11.7. The molecule has 0 spiro atoms. The van der Waals surface area contributed by atoms with Gasteiger partial charge in [0.05, 0.1) is 18.7 Å². The van der Waals surface area contributed by atoms with Crippen LogP contribution in [0.15, 0.2) is 24.3 Å². The van der Waals surface area contributed by atoms with E-state index >= 15 is 0 Å². The zero-order valence-electron chi connectivity index (χ0n) is 17.6. The summed E-state index contributed by atoms with van der Waals surface area (Å²) in [5, 5.41) is 3.29. The molecule has 2 N–H and O–H groups in total. The van der Waals surface area contributed by atoms with Gasteiger partial charge in [-0.05, 0) is 58.7 Å². The molecular weight excluding hydrogens is 356 g/mol. The molecule has 1 aromatic heterocycles. The van der Waals surface area contributed by atoms with Crippen molar-refractivity contribution in [2.45, 2.75) is 60.1 Å². The van der Waals surface area contributed by atoms with Crippen LogP contribution in [0.25, 0.3) is 0 Å². The van der Waals surface area contributed by atoms with Gasteiger partial charge >= 0.3 is 11.9 Å². The number of esters is 2. The van der Waals surface area contributed by atoms with Crippen molar-refractivity contribution >= 4 is 17.6 Å². The maximum absolute atomic E-state index is 12.7. The lowest BCUT2D eigenvalue weighted by Crippen LogP contribution is -2.24. The van der Waals surface area contributed by atoms with E-state index in [4.69, 9.17) is 9.47 Å². The van der Waals surface area contributed by atoms with Gasteiger partial charge in [-0.25, -0.2) is 9.59 Å². The number of aryl methyl sites for hydroxylation is 1. The highest BCUT2D eigenvalue weighted by atomic mass is 16.6. The molecule has 1 aromatic carbocycles. The molecule has 0 radical (unpaired) electrons. The van der Waals surface area contributed by atoms with Crippen LogP contribution in [0.2, 0.25) is 0 Å². The predicted octanol–water partition coefficient (Wildman–Crippen LogP) is 4.63. The van der Waals surface area contributed by atoms with Crippen molar-refractivity contribution in [1.29, 1.82) is 0 Å². The lowest BCUT2D eigenvalue weighted by atomic mass is 10.1. The molecule has 0 aliphatic rings. The van der Waals surface area contributed by atoms with Crippen LogP contribution < -0.4 is 5.32 Å². The third-order valence-corrected chi connectivity index (χ3v) is 4.14. The van der Waals surface area contributed by atoms with Crippen molar-refractivity contribution in [1.82, 2.24) is 4.98 Å². The highest BCUT2D eigenvalue weighted by Crippen LogP contribution is 2.25. The highest BCUT2D eigenvalue weighted by molar-refractivity contribution is 5.99. The molecular formula is C22H30N2O4. The average Bonchev–Trinajstić information content (AvgIpc) is 2.99. The topological polar surface area (TPSA) is 80.4 Å². The number of benzene rings is 1. The summed E-state index contributed by atoms with van der Waals surface area (Å²) in [5.74, 6) is -0.914. The lowest BCUT2D eigenvalue weighted by molar-refractivity contribution is 0.00622. The molecule has 0 fully saturated rings. The van der Waals surface area contributed by atoms with Gasteiger partial charge in [-0.15, -0.1) is 0 Å². The molecule has 0 bridgehead atoms. The highest BCUT2D eigenvalue weighted by Gasteiger charge is 2.29. The summed E-state index contributed by atoms with van der Waals surface area (Å²) < 4.78 is 10.7. The van der Waals surface area contributed by atoms with Gasteiger partial charge in [0.1, 0.15) is 11.3 Å². The molecule has 0 aliphatic heterocycles. The molecule has 0 aliphatic carbocycles. The van der Waals surface area contributed by atoms with Crippen LogP contribution in [0, 0.1) is 6.92 Å². The first-order valence-electron chi connectivity index (χ1n) is 9.61. The number of ether oxygens (including phenoxy) is 2. The SMILES string of the molecule is CCOC(=O)c1c(CNc2ccc(C)cc2)[nH]c(C(=O)OC(C)(C)C)c1CC. The summed E-state index contributed by atoms with van der Waals surface area (Å²) >= 11 is 0. The second-order valence-electron chi connectivity index (χ2n) is 7.63. The lowest BCUT2D eigenvalue weighted by Gasteiger charge is -2.19. The Balaban J connectivity index is 2.39. The standard InChI is InChI=1S/C22H30N2O4/c1-7-16-18(20(25)27-8-2)17(13-23-15-11-9-14(3)10-12-15)24-19(16)21(26)28-22(4,5)6/h9-12,23-24H,7-8,13H2,1-6H3. The zero-order valence-corrected chi connectivity index (χ0v) is 17.6. The molecule has 152 valence electrons. The smallest absolute Gasteiger partial charge is 0.355 e. The maximum atomic E-state index is 12.7. The largest absolute Gasteiger partial charge is 0.462 e. The monoisotopic (exact) mass is 386 g/mol. The third kappa shape index (κ3) is 5.38. The van der Waals surface area contributed by atoms with Gasteiger partial charge in [0.2, 0.25) is 0 Å². The third-order valence-electron chi connectivity index (χ3n) is 4.14. The van der Waals surface area contributed by atoms with Crippen molar-refractivity contribution in [3.63, 3.8) is 0 Å². The second-order valence-corrected chi connectivity index (χ2v) is 7.63. The minimum absolute atomic E-state index is 0.264. The first-order chi connectivity index (χ1) is 13.2. The molecule has 0 saturated carbocycles. The summed E-state index contributed by atoms with van der Waals surface area (Å²) in [5.41, 5.74) is 3.40. The number of aromatic amines is 1. The molecule has 0 saturated heterocycles. The van der Waals surface area contributed by atoms with E-state index in [0.29, 0.717) is 35.5 Å². The number of H-pyrrole nitrogens is 1. The Kier molecular flexibility index (Phi) is 6.89. The molecule has 2 aromatic rings. The van der Waals surface area contributed by atoms with E-state index < -0.39 is 17.5 Å². The number of hydrogen-bond acceptors (Lipinski definition) is 5. The Hall–Kier alpha value is -2.76. The Morgan fingerprint density at radius 1 is 1.07 bits per heavy atom. The van der Waals surface area contributed by atoms with Gasteiger partial charge < -0.3 is 19.8 Å². The Morgan fingerprint density at radius 3 is 2.25 bits per heavy atom. The van der Waals surface area contributed by atoms with Crippen LogP contribution in [0.1, 0.15) is 72.3 Å². The van der Waals surface area contributed by atoms with E-state index in [9.17, 15) is 9.59 Å². The van der Waals surface area contributed by atoms with Crippen molar-refractivity contribution in [3.05, 3.63) is 52.3 Å². The van der Waals surface area contributed by atoms with Crippen LogP contribution in [-0.4, -0.2) is 29.1 Å². The predicted molar refractivity (Wildman–Crippen MR) is 110 cm³/mol. The van der Waals surface area contributed by atoms with E-state index in [-0.39, 0.29) is 6.61 Å². The average molecular weight is 386 g/mol. The number of hydrogen-bond donors (Lipinski definition) is 2. The first kappa shape index (κ1) is 21.5. The van der Waals surface area contributed by atoms with Crippen molar-refractivity contribution in [2.24, 2.45) is 0 Å². The Morgan fingerprint density at radius 2 is 1.71 bits per heavy atom. The fourth-order valence-corrected chi connectivity index (χ4v) is 2.90. The summed E-state index contributed by atoms with van der Waals surface area (Å²) in [6, 6.07) is 7.95. The van der Waals surface area contributed by atoms with Crippen LogP contribution in [0.4, 0.5) is 5.69 Å². The van der Waals surface area contributed by atoms with E-state index in [0.717, 1.165) is 11.3 Å². The number of aromatic nitrogens is 1. The summed E-state index contributed by atoms with van der Waals surface area (Å²) in [7, 11) is 0. The van der Waals surface area contributed by atoms with E-state index in [1.165, 1.54) is 0 Å². The van der Waals surface area contributed by atoms with Crippen LogP contribution in [0.3, 0.4) is 0 Å². The van der Waals surface area contributed by atoms with E-state index in [1.807, 2.05) is 58.9 Å². The van der Waals surface area contributed by atoms with Gasteiger partial charge in [0.25, 0.3) is 0 Å². The van der Waals surface area contributed by atoms with Crippen molar-refractivity contribution in [3.8, 4) is 0 Å². The van der Waals surface area contributed by atoms with Crippen molar-refractivity contribution in [2.75, 3.05) is 11.9 Å². The molecule has 0 atom stereocenters. The first-order valence-corrected chi connectivity index (χ1v) is 9.61. The number of carbonyl (C=O) groups excluding carboxylic acids is 2. The number of rotatable bonds is 7. The summed E-state index contributed by atoms with van der Waals surface area (Å²) in [4.78, 5) is 28.4. The molecule has 28 heavy (non-hydrogen) atoms. The summed E-state index contributed by atoms with van der Waals surface area (Å²) in [6.07, 6.45) is 0.504. The normalized spacial score (nSPS) is 11.2. The van der Waals surface area contributed by atoms with Crippen molar-refractivity contribution < 1.29 is 19.1 Å². The molecule has 0 unspecified atom stereocenters. The molecule has 6 nitrogen and oxygen atoms in total. The van der Waals surface area contributed by atoms with Crippen LogP contribution >= 0.6 is 0 Å². The van der Waals surface area contributed by atoms with Gasteiger partial charge in [-0.2, -0.15) is 0 Å². The minimum Gasteiger partial charge on any atom is -0.462 e. The molecule has 1 heterocycles. The second kappa shape index (κ2) is 8.95. The number of anilines is 1. The zero-order chi connectivity index (χ0) is 20.9. The maximum Gasteiger partial charge on any atom is 0.355 e. The van der Waals surface area contributed by atoms with Gasteiger partial charge in [0, 0.05) is 11.4 Å². The number of carbonyl (C=O) groups is 2. The van der Waals surface area contributed by atoms with Gasteiger partial charge in [-0.3, -0.25) is 0 Å². The van der Waals surface area contributed by atoms with E-state index in [2.05, 4.69) is 10.3 Å². The molecule has 2 rings (SSSR count).